The lowest BCUT2D eigenvalue weighted by Crippen LogP contribution is -2.31. The van der Waals surface area contributed by atoms with Crippen LogP contribution in [-0.2, 0) is 24.4 Å². The van der Waals surface area contributed by atoms with E-state index in [0.717, 1.165) is 6.07 Å². The van der Waals surface area contributed by atoms with E-state index >= 15 is 0 Å². The third-order valence-corrected chi connectivity index (χ3v) is 5.26. The molecule has 3 rings (SSSR count). The Morgan fingerprint density at radius 1 is 1.28 bits per heavy atom. The van der Waals surface area contributed by atoms with Crippen LogP contribution in [0, 0.1) is 0 Å². The van der Waals surface area contributed by atoms with Gasteiger partial charge in [0.2, 0.25) is 0 Å². The summed E-state index contributed by atoms with van der Waals surface area (Å²) < 4.78 is 36.5. The summed E-state index contributed by atoms with van der Waals surface area (Å²) in [5, 5.41) is 22.7. The number of esters is 1. The zero-order valence-corrected chi connectivity index (χ0v) is 16.1. The van der Waals surface area contributed by atoms with Crippen molar-refractivity contribution in [1.29, 1.82) is 0 Å². The van der Waals surface area contributed by atoms with Crippen LogP contribution in [0.3, 0.4) is 0 Å². The van der Waals surface area contributed by atoms with Gasteiger partial charge in [0.25, 0.3) is 16.0 Å². The largest absolute Gasteiger partial charge is 0.507 e. The van der Waals surface area contributed by atoms with Gasteiger partial charge in [-0.15, -0.1) is 0 Å². The lowest BCUT2D eigenvalue weighted by atomic mass is 10.1. The van der Waals surface area contributed by atoms with Gasteiger partial charge in [-0.1, -0.05) is 6.07 Å². The van der Waals surface area contributed by atoms with E-state index in [-0.39, 0.29) is 42.1 Å². The predicted octanol–water partition coefficient (Wildman–Crippen LogP) is 0.466. The zero-order chi connectivity index (χ0) is 21.3. The smallest absolute Gasteiger partial charge is 0.337 e. The van der Waals surface area contributed by atoms with Crippen molar-refractivity contribution in [1.82, 2.24) is 4.90 Å². The number of nitrogens with one attached hydrogen (secondary N) is 1. The molecule has 0 aromatic heterocycles. The molecule has 0 aliphatic carbocycles. The summed E-state index contributed by atoms with van der Waals surface area (Å²) >= 11 is 0. The molecule has 154 valence electrons. The number of phenolic OH excluding ortho intramolecular Hbond substituents is 1. The molecule has 1 aliphatic rings. The third-order valence-electron chi connectivity index (χ3n) is 4.43. The van der Waals surface area contributed by atoms with Crippen molar-refractivity contribution < 1.29 is 37.5 Å². The number of benzene rings is 2. The summed E-state index contributed by atoms with van der Waals surface area (Å²) in [6.45, 7) is -0.250. The number of rotatable bonds is 6. The number of ether oxygens (including phenoxy) is 1. The van der Waals surface area contributed by atoms with Gasteiger partial charge in [-0.25, -0.2) is 4.79 Å². The number of carbonyl (C=O) groups is 2. The molecule has 2 aromatic carbocycles. The molecular weight excluding hydrogens is 404 g/mol. The number of hydrogen-bond donors (Lipinski definition) is 4. The van der Waals surface area contributed by atoms with E-state index in [1.54, 1.807) is 0 Å². The molecule has 0 spiro atoms. The molecule has 0 atom stereocenters. The molecular formula is C18H18N2O8S. The number of aromatic hydroxyl groups is 1. The molecule has 0 saturated carbocycles. The van der Waals surface area contributed by atoms with Crippen LogP contribution in [0.5, 0.6) is 5.75 Å². The minimum Gasteiger partial charge on any atom is -0.507 e. The number of hydrogen-bond acceptors (Lipinski definition) is 8. The number of methoxy groups -OCH3 is 1. The van der Waals surface area contributed by atoms with Crippen molar-refractivity contribution >= 4 is 38.5 Å². The highest BCUT2D eigenvalue weighted by Crippen LogP contribution is 2.32. The van der Waals surface area contributed by atoms with Crippen LogP contribution in [0.1, 0.15) is 0 Å². The van der Waals surface area contributed by atoms with Gasteiger partial charge in [0.1, 0.15) is 11.4 Å². The van der Waals surface area contributed by atoms with E-state index in [2.05, 4.69) is 5.32 Å². The van der Waals surface area contributed by atoms with Gasteiger partial charge in [-0.2, -0.15) is 8.42 Å². The Labute approximate surface area is 165 Å². The Morgan fingerprint density at radius 3 is 2.62 bits per heavy atom. The average molecular weight is 422 g/mol. The Kier molecular flexibility index (Phi) is 5.46. The molecule has 1 amide bonds. The Hall–Kier alpha value is -3.15. The summed E-state index contributed by atoms with van der Waals surface area (Å²) in [6.07, 6.45) is 0. The molecule has 1 aliphatic heterocycles. The second-order valence-corrected chi connectivity index (χ2v) is 7.70. The van der Waals surface area contributed by atoms with Gasteiger partial charge < -0.3 is 25.2 Å². The van der Waals surface area contributed by atoms with Crippen molar-refractivity contribution in [2.75, 3.05) is 32.1 Å². The van der Waals surface area contributed by atoms with E-state index in [9.17, 15) is 23.1 Å². The number of carbonyl (C=O) groups excluding carboxylic acids is 2. The van der Waals surface area contributed by atoms with E-state index in [1.165, 1.54) is 36.3 Å². The first-order valence-corrected chi connectivity index (χ1v) is 9.82. The molecule has 0 bridgehead atoms. The summed E-state index contributed by atoms with van der Waals surface area (Å²) in [5.41, 5.74) is 0.429. The number of amides is 1. The van der Waals surface area contributed by atoms with Crippen LogP contribution in [0.25, 0.3) is 10.8 Å². The molecule has 10 nitrogen and oxygen atoms in total. The highest BCUT2D eigenvalue weighted by Gasteiger charge is 2.34. The summed E-state index contributed by atoms with van der Waals surface area (Å²) in [5.74, 6) is -1.58. The summed E-state index contributed by atoms with van der Waals surface area (Å²) in [6, 6.07) is 6.55. The SMILES string of the molecule is COC(=O)C1=C(Nc2ccc3cc(S(=O)(=O)O)cc(O)c3c2)C(=O)N(CCO)C1. The van der Waals surface area contributed by atoms with Crippen LogP contribution < -0.4 is 5.32 Å². The van der Waals surface area contributed by atoms with E-state index in [0.29, 0.717) is 11.1 Å². The number of fused-ring (bicyclic) bond motifs is 1. The fourth-order valence-electron chi connectivity index (χ4n) is 3.03. The van der Waals surface area contributed by atoms with Gasteiger partial charge in [0.05, 0.1) is 30.7 Å². The first-order chi connectivity index (χ1) is 13.7. The van der Waals surface area contributed by atoms with Crippen molar-refractivity contribution in [2.24, 2.45) is 0 Å². The maximum Gasteiger partial charge on any atom is 0.337 e. The first-order valence-electron chi connectivity index (χ1n) is 8.38. The van der Waals surface area contributed by atoms with Gasteiger partial charge >= 0.3 is 5.97 Å². The molecule has 4 N–H and O–H groups in total. The fourth-order valence-corrected chi connectivity index (χ4v) is 3.57. The zero-order valence-electron chi connectivity index (χ0n) is 15.2. The Morgan fingerprint density at radius 2 is 2.00 bits per heavy atom. The quantitative estimate of drug-likeness (QED) is 0.384. The van der Waals surface area contributed by atoms with Crippen molar-refractivity contribution in [3.8, 4) is 5.75 Å². The lowest BCUT2D eigenvalue weighted by Gasteiger charge is -2.15. The van der Waals surface area contributed by atoms with Gasteiger partial charge in [0, 0.05) is 23.7 Å². The molecule has 0 saturated heterocycles. The first kappa shape index (κ1) is 20.6. The highest BCUT2D eigenvalue weighted by molar-refractivity contribution is 7.85. The molecule has 1 heterocycles. The second kappa shape index (κ2) is 7.70. The van der Waals surface area contributed by atoms with E-state index < -0.39 is 26.9 Å². The topological polar surface area (TPSA) is 153 Å². The third kappa shape index (κ3) is 4.01. The van der Waals surface area contributed by atoms with Crippen LogP contribution in [0.4, 0.5) is 5.69 Å². The van der Waals surface area contributed by atoms with Crippen molar-refractivity contribution in [3.05, 3.63) is 41.6 Å². The molecule has 0 radical (unpaired) electrons. The normalized spacial score (nSPS) is 14.6. The van der Waals surface area contributed by atoms with E-state index in [1.807, 2.05) is 0 Å². The number of anilines is 1. The summed E-state index contributed by atoms with van der Waals surface area (Å²) in [4.78, 5) is 25.4. The molecule has 0 fully saturated rings. The van der Waals surface area contributed by atoms with Crippen LogP contribution >= 0.6 is 0 Å². The summed E-state index contributed by atoms with van der Waals surface area (Å²) in [7, 11) is -3.30. The van der Waals surface area contributed by atoms with Gasteiger partial charge in [0.15, 0.2) is 0 Å². The lowest BCUT2D eigenvalue weighted by molar-refractivity contribution is -0.136. The standard InChI is InChI=1S/C18H18N2O8S/c1-28-18(24)14-9-20(4-5-21)17(23)16(14)19-11-3-2-10-6-12(29(25,26)27)8-15(22)13(10)7-11/h2-3,6-8,19,21-22H,4-5,9H2,1H3,(H,25,26,27). The maximum absolute atomic E-state index is 12.6. The van der Waals surface area contributed by atoms with Crippen LogP contribution in [0.2, 0.25) is 0 Å². The average Bonchev–Trinajstić information content (AvgIpc) is 2.97. The van der Waals surface area contributed by atoms with Crippen LogP contribution in [-0.4, -0.2) is 66.8 Å². The second-order valence-electron chi connectivity index (χ2n) is 6.27. The monoisotopic (exact) mass is 422 g/mol. The number of aliphatic hydroxyl groups excluding tert-OH is 1. The van der Waals surface area contributed by atoms with Crippen LogP contribution in [0.15, 0.2) is 46.5 Å². The van der Waals surface area contributed by atoms with E-state index in [4.69, 9.17) is 14.4 Å². The number of nitrogens with zero attached hydrogens (tertiary/aromatic N) is 1. The number of aliphatic hydroxyl groups is 1. The Balaban J connectivity index is 2.01. The van der Waals surface area contributed by atoms with Gasteiger partial charge in [-0.3, -0.25) is 9.35 Å². The molecule has 2 aromatic rings. The number of phenols is 1. The molecule has 0 unspecified atom stereocenters. The minimum absolute atomic E-state index is 0.0151. The highest BCUT2D eigenvalue weighted by atomic mass is 32.2. The molecule has 29 heavy (non-hydrogen) atoms. The van der Waals surface area contributed by atoms with Crippen molar-refractivity contribution in [2.45, 2.75) is 4.90 Å². The van der Waals surface area contributed by atoms with Gasteiger partial charge in [-0.05, 0) is 23.6 Å². The predicted molar refractivity (Wildman–Crippen MR) is 102 cm³/mol. The van der Waals surface area contributed by atoms with Crippen molar-refractivity contribution in [3.63, 3.8) is 0 Å². The molecule has 11 heteroatoms. The maximum atomic E-state index is 12.6. The minimum atomic E-state index is -4.49. The Bertz CT molecular complexity index is 1140. The fraction of sp³-hybridized carbons (Fsp3) is 0.222. The number of β-amino-alcohol motifs (C(OH)–C–C–N with tert-alkyl or cyclic N) is 1.